The Labute approximate surface area is 369 Å². The number of hydrogen-bond acceptors (Lipinski definition) is 11. The Balaban J connectivity index is 1.01. The predicted octanol–water partition coefficient (Wildman–Crippen LogP) is 8.32. The molecule has 0 radical (unpaired) electrons. The van der Waals surface area contributed by atoms with E-state index in [9.17, 15) is 15.0 Å². The van der Waals surface area contributed by atoms with Crippen LogP contribution in [0.4, 0.5) is 0 Å². The van der Waals surface area contributed by atoms with Crippen molar-refractivity contribution in [3.63, 3.8) is 0 Å². The van der Waals surface area contributed by atoms with E-state index in [2.05, 4.69) is 83.7 Å². The Bertz CT molecular complexity index is 1520. The summed E-state index contributed by atoms with van der Waals surface area (Å²) >= 11 is 3.38. The molecule has 8 heterocycles. The number of rotatable bonds is 19. The highest BCUT2D eigenvalue weighted by atomic mass is 79.9. The van der Waals surface area contributed by atoms with Gasteiger partial charge >= 0.3 is 0 Å². The summed E-state index contributed by atoms with van der Waals surface area (Å²) in [5.41, 5.74) is 1.10. The lowest BCUT2D eigenvalue weighted by Gasteiger charge is -2.47. The first-order chi connectivity index (χ1) is 28.3. The fraction of sp³-hybridized carbons (Fsp3) is 0.894. The third kappa shape index (κ3) is 10.4. The van der Waals surface area contributed by atoms with E-state index in [1.54, 1.807) is 0 Å². The molecule has 13 heteroatoms. The average Bonchev–Trinajstić information content (AvgIpc) is 3.71. The van der Waals surface area contributed by atoms with Crippen molar-refractivity contribution in [3.05, 3.63) is 23.2 Å². The third-order valence-electron chi connectivity index (χ3n) is 15.7. The molecule has 0 amide bonds. The molecule has 8 saturated heterocycles. The van der Waals surface area contributed by atoms with E-state index in [-0.39, 0.29) is 103 Å². The quantitative estimate of drug-likeness (QED) is 0.0959. The summed E-state index contributed by atoms with van der Waals surface area (Å²) in [5, 5.41) is 20.4. The summed E-state index contributed by atoms with van der Waals surface area (Å²) in [7, 11) is -1.90. The van der Waals surface area contributed by atoms with E-state index in [1.807, 2.05) is 0 Å². The first kappa shape index (κ1) is 47.4. The Morgan fingerprint density at radius 3 is 2.40 bits per heavy atom. The second-order valence-electron chi connectivity index (χ2n) is 21.4. The number of halogens is 1. The van der Waals surface area contributed by atoms with Crippen LogP contribution >= 0.6 is 15.9 Å². The molecule has 0 aromatic heterocycles. The molecule has 60 heavy (non-hydrogen) atoms. The second-order valence-corrected chi connectivity index (χ2v) is 27.4. The summed E-state index contributed by atoms with van der Waals surface area (Å²) < 4.78 is 54.7. The van der Waals surface area contributed by atoms with Crippen LogP contribution in [0.5, 0.6) is 0 Å². The largest absolute Gasteiger partial charge is 0.417 e. The Morgan fingerprint density at radius 1 is 0.967 bits per heavy atom. The van der Waals surface area contributed by atoms with Crippen LogP contribution in [0.25, 0.3) is 0 Å². The van der Waals surface area contributed by atoms with Crippen LogP contribution in [-0.4, -0.2) is 123 Å². The number of carbonyl (C=O) groups is 1. The summed E-state index contributed by atoms with van der Waals surface area (Å²) in [5.74, 6) is 0.157. The van der Waals surface area contributed by atoms with Crippen LogP contribution in [0.1, 0.15) is 125 Å². The van der Waals surface area contributed by atoms with Crippen molar-refractivity contribution in [1.82, 2.24) is 0 Å². The van der Waals surface area contributed by atoms with Gasteiger partial charge in [-0.2, -0.15) is 0 Å². The van der Waals surface area contributed by atoms with Gasteiger partial charge in [-0.25, -0.2) is 0 Å². The van der Waals surface area contributed by atoms with E-state index < -0.39 is 20.2 Å². The summed E-state index contributed by atoms with van der Waals surface area (Å²) in [6.45, 7) is 27.4. The number of aliphatic hydroxyl groups is 2. The zero-order valence-electron chi connectivity index (χ0n) is 37.8. The molecule has 2 unspecified atom stereocenters. The SMILES string of the molecule is C=C(Br)C[C@H](O)CC[C@@]12C[C@H]3O[C@H]4[C@@H](O1)[C@H]1O[C@@H](CC(=O)CC5[C@H](CC6O[C@@H](CCCO)C[C@@H](C)C6=C)O[C@H](C[C@H](C)CO[Si](C)(C)C(C)(C)C)[C@@H]5C)CC[C@@H]1O[C@H]4[C@H]3O2. The summed E-state index contributed by atoms with van der Waals surface area (Å²) in [6.07, 6.45) is 5.60. The molecular weight excluding hydrogens is 848 g/mol. The van der Waals surface area contributed by atoms with Crippen molar-refractivity contribution in [3.8, 4) is 0 Å². The van der Waals surface area contributed by atoms with E-state index in [0.29, 0.717) is 69.8 Å². The monoisotopic (exact) mass is 924 g/mol. The minimum atomic E-state index is -1.90. The van der Waals surface area contributed by atoms with Crippen molar-refractivity contribution in [2.75, 3.05) is 13.2 Å². The van der Waals surface area contributed by atoms with Gasteiger partial charge in [0.05, 0.1) is 48.8 Å². The lowest BCUT2D eigenvalue weighted by molar-refractivity contribution is -0.292. The minimum Gasteiger partial charge on any atom is -0.417 e. The van der Waals surface area contributed by atoms with E-state index in [4.69, 9.17) is 37.6 Å². The maximum Gasteiger partial charge on any atom is 0.191 e. The molecule has 8 rings (SSSR count). The molecule has 2 N–H and O–H groups in total. The molecule has 0 aliphatic carbocycles. The molecule has 11 nitrogen and oxygen atoms in total. The fourth-order valence-corrected chi connectivity index (χ4v) is 12.6. The summed E-state index contributed by atoms with van der Waals surface area (Å²) in [6, 6.07) is 0. The number of ether oxygens (including phenoxy) is 7. The maximum absolute atomic E-state index is 14.3. The zero-order valence-corrected chi connectivity index (χ0v) is 40.4. The van der Waals surface area contributed by atoms with Crippen molar-refractivity contribution in [1.29, 1.82) is 0 Å². The molecule has 0 spiro atoms. The molecule has 0 aromatic carbocycles. The van der Waals surface area contributed by atoms with Gasteiger partial charge in [0.2, 0.25) is 0 Å². The average molecular weight is 926 g/mol. The molecule has 18 atom stereocenters. The number of Topliss-reactive ketones (excluding diaryl/α,β-unsaturated/α-hetero) is 1. The van der Waals surface area contributed by atoms with Crippen molar-refractivity contribution in [2.24, 2.45) is 23.7 Å². The number of fused-ring (bicyclic) bond motifs is 1. The molecule has 342 valence electrons. The highest BCUT2D eigenvalue weighted by molar-refractivity contribution is 9.11. The van der Waals surface area contributed by atoms with Gasteiger partial charge in [0.1, 0.15) is 36.3 Å². The zero-order chi connectivity index (χ0) is 43.3. The molecule has 0 saturated carbocycles. The third-order valence-corrected chi connectivity index (χ3v) is 20.5. The fourth-order valence-electron chi connectivity index (χ4n) is 11.0. The van der Waals surface area contributed by atoms with Crippen LogP contribution in [-0.2, 0) is 42.4 Å². The lowest BCUT2D eigenvalue weighted by Crippen LogP contribution is -2.61. The van der Waals surface area contributed by atoms with Gasteiger partial charge in [0.15, 0.2) is 14.1 Å². The van der Waals surface area contributed by atoms with Gasteiger partial charge in [-0.1, -0.05) is 70.6 Å². The van der Waals surface area contributed by atoms with Gasteiger partial charge in [-0.3, -0.25) is 4.79 Å². The molecule has 6 bridgehead atoms. The highest BCUT2D eigenvalue weighted by Crippen LogP contribution is 2.54. The van der Waals surface area contributed by atoms with Gasteiger partial charge in [-0.05, 0) is 96.8 Å². The van der Waals surface area contributed by atoms with E-state index in [1.165, 1.54) is 0 Å². The van der Waals surface area contributed by atoms with Crippen LogP contribution in [0.2, 0.25) is 18.1 Å². The van der Waals surface area contributed by atoms with Crippen LogP contribution < -0.4 is 0 Å². The van der Waals surface area contributed by atoms with Gasteiger partial charge < -0.3 is 47.8 Å². The first-order valence-electron chi connectivity index (χ1n) is 23.4. The maximum atomic E-state index is 14.3. The second kappa shape index (κ2) is 19.1. The van der Waals surface area contributed by atoms with E-state index >= 15 is 0 Å². The van der Waals surface area contributed by atoms with Gasteiger partial charge in [0.25, 0.3) is 0 Å². The first-order valence-corrected chi connectivity index (χ1v) is 27.1. The van der Waals surface area contributed by atoms with Crippen molar-refractivity contribution in [2.45, 2.75) is 228 Å². The molecule has 8 aliphatic rings. The van der Waals surface area contributed by atoms with E-state index in [0.717, 1.165) is 42.2 Å². The molecular formula is C47H77BrO11Si. The Kier molecular flexibility index (Phi) is 15.1. The van der Waals surface area contributed by atoms with Gasteiger partial charge in [-0.15, -0.1) is 0 Å². The van der Waals surface area contributed by atoms with Crippen molar-refractivity contribution >= 4 is 30.0 Å². The molecule has 8 fully saturated rings. The predicted molar refractivity (Wildman–Crippen MR) is 235 cm³/mol. The lowest BCUT2D eigenvalue weighted by atomic mass is 9.78. The smallest absolute Gasteiger partial charge is 0.191 e. The standard InChI is InChI=1S/C47H77BrO11Si/c1-26(25-52-60(9,10)46(6,7)8)18-37-30(5)35(39(55-37)23-38-29(4)27(2)19-33(53-38)12-11-17-49)22-32(51)21-34-13-14-36-41(54-34)45-44-43(56-36)42-40(57-44)24-47(58-42,59-45)16-15-31(50)20-28(3)48/h26-27,30-31,33-45,49-50H,3-4,11-25H2,1-2,5-10H3/t26-,27+,30+,31+,33-,34+,35?,36-,37+,38?,39-,40+,41-,42-,43-,44+,45-,47-/m0/s1. The number of aliphatic hydroxyl groups excluding tert-OH is 2. The summed E-state index contributed by atoms with van der Waals surface area (Å²) in [4.78, 5) is 14.3. The Morgan fingerprint density at radius 2 is 1.68 bits per heavy atom. The molecule has 0 aromatic rings. The minimum absolute atomic E-state index is 0.00659. The molecule has 8 aliphatic heterocycles. The van der Waals surface area contributed by atoms with Crippen LogP contribution in [0.3, 0.4) is 0 Å². The van der Waals surface area contributed by atoms with Gasteiger partial charge in [0, 0.05) is 51.7 Å². The van der Waals surface area contributed by atoms with Crippen LogP contribution in [0.15, 0.2) is 23.2 Å². The Hall–Kier alpha value is -0.553. The topological polar surface area (TPSA) is 131 Å². The number of carbonyl (C=O) groups excluding carboxylic acids is 1. The van der Waals surface area contributed by atoms with Crippen LogP contribution in [0, 0.1) is 23.7 Å². The van der Waals surface area contributed by atoms with Crippen molar-refractivity contribution < 1.29 is 52.6 Å². The normalized spacial score (nSPS) is 42.2. The number of ketones is 1. The number of hydrogen-bond donors (Lipinski definition) is 2. The highest BCUT2D eigenvalue weighted by Gasteiger charge is 2.68.